The monoisotopic (exact) mass is 344 g/mol. The van der Waals surface area contributed by atoms with E-state index in [2.05, 4.69) is 27.9 Å². The van der Waals surface area contributed by atoms with Crippen molar-refractivity contribution in [2.75, 3.05) is 18.9 Å². The molecule has 0 aliphatic heterocycles. The number of benzene rings is 1. The van der Waals surface area contributed by atoms with Crippen molar-refractivity contribution in [1.29, 1.82) is 0 Å². The van der Waals surface area contributed by atoms with Crippen LogP contribution in [0.15, 0.2) is 29.3 Å². The molecule has 138 valence electrons. The van der Waals surface area contributed by atoms with Crippen LogP contribution in [0.2, 0.25) is 0 Å². The summed E-state index contributed by atoms with van der Waals surface area (Å²) in [7, 11) is 1.80. The van der Waals surface area contributed by atoms with E-state index in [4.69, 9.17) is 0 Å². The van der Waals surface area contributed by atoms with Gasteiger partial charge in [0.2, 0.25) is 5.91 Å². The van der Waals surface area contributed by atoms with Gasteiger partial charge in [0.25, 0.3) is 0 Å². The molecule has 0 aromatic heterocycles. The maximum absolute atomic E-state index is 11.1. The van der Waals surface area contributed by atoms with Gasteiger partial charge in [-0.2, -0.15) is 0 Å². The summed E-state index contributed by atoms with van der Waals surface area (Å²) in [6.45, 7) is 5.52. The van der Waals surface area contributed by atoms with Gasteiger partial charge in [-0.3, -0.25) is 9.79 Å². The van der Waals surface area contributed by atoms with Crippen LogP contribution in [0, 0.1) is 11.8 Å². The lowest BCUT2D eigenvalue weighted by Gasteiger charge is -2.26. The van der Waals surface area contributed by atoms with Crippen molar-refractivity contribution in [2.24, 2.45) is 16.8 Å². The molecule has 2 atom stereocenters. The molecule has 1 fully saturated rings. The first-order chi connectivity index (χ1) is 12.1. The average Bonchev–Trinajstić information content (AvgIpc) is 2.58. The summed E-state index contributed by atoms with van der Waals surface area (Å²) in [6.07, 6.45) is 6.72. The quantitative estimate of drug-likeness (QED) is 0.546. The molecule has 0 bridgehead atoms. The topological polar surface area (TPSA) is 65.5 Å². The molecular weight excluding hydrogens is 312 g/mol. The van der Waals surface area contributed by atoms with Crippen LogP contribution in [0.25, 0.3) is 0 Å². The van der Waals surface area contributed by atoms with E-state index in [1.165, 1.54) is 39.0 Å². The molecular formula is C20H32N4O. The van der Waals surface area contributed by atoms with Gasteiger partial charge in [-0.1, -0.05) is 38.3 Å². The van der Waals surface area contributed by atoms with Crippen molar-refractivity contribution in [3.8, 4) is 0 Å². The standard InChI is InChI=1S/C20H32N4O/c1-15-6-4-7-17(12-15)10-11-22-20(21-3)23-14-18-8-5-9-19(13-18)24-16(2)25/h5,8-9,13,15,17H,4,6-7,10-12,14H2,1-3H3,(H,24,25)(H2,21,22,23). The third kappa shape index (κ3) is 7.16. The minimum Gasteiger partial charge on any atom is -0.356 e. The fourth-order valence-electron chi connectivity index (χ4n) is 3.59. The Morgan fingerprint density at radius 3 is 2.84 bits per heavy atom. The fourth-order valence-corrected chi connectivity index (χ4v) is 3.59. The van der Waals surface area contributed by atoms with Gasteiger partial charge in [0, 0.05) is 32.7 Å². The Hall–Kier alpha value is -2.04. The van der Waals surface area contributed by atoms with Crippen LogP contribution < -0.4 is 16.0 Å². The number of amides is 1. The normalized spacial score (nSPS) is 20.8. The van der Waals surface area contributed by atoms with E-state index in [0.717, 1.165) is 35.6 Å². The smallest absolute Gasteiger partial charge is 0.221 e. The molecule has 0 spiro atoms. The van der Waals surface area contributed by atoms with Crippen LogP contribution in [-0.2, 0) is 11.3 Å². The molecule has 2 rings (SSSR count). The molecule has 1 aromatic rings. The maximum Gasteiger partial charge on any atom is 0.221 e. The SMILES string of the molecule is CN=C(NCCC1CCCC(C)C1)NCc1cccc(NC(C)=O)c1. The van der Waals surface area contributed by atoms with Crippen molar-refractivity contribution in [1.82, 2.24) is 10.6 Å². The van der Waals surface area contributed by atoms with Crippen molar-refractivity contribution in [2.45, 2.75) is 52.5 Å². The van der Waals surface area contributed by atoms with E-state index in [1.807, 2.05) is 24.3 Å². The van der Waals surface area contributed by atoms with Gasteiger partial charge >= 0.3 is 0 Å². The molecule has 1 aliphatic carbocycles. The Morgan fingerprint density at radius 1 is 1.28 bits per heavy atom. The summed E-state index contributed by atoms with van der Waals surface area (Å²) in [5.74, 6) is 2.50. The largest absolute Gasteiger partial charge is 0.356 e. The lowest BCUT2D eigenvalue weighted by Crippen LogP contribution is -2.38. The average molecular weight is 345 g/mol. The first-order valence-electron chi connectivity index (χ1n) is 9.38. The highest BCUT2D eigenvalue weighted by molar-refractivity contribution is 5.88. The van der Waals surface area contributed by atoms with Gasteiger partial charge in [0.05, 0.1) is 0 Å². The van der Waals surface area contributed by atoms with Gasteiger partial charge in [0.1, 0.15) is 0 Å². The molecule has 1 aromatic carbocycles. The first kappa shape index (κ1) is 19.3. The first-order valence-corrected chi connectivity index (χ1v) is 9.38. The second-order valence-corrected chi connectivity index (χ2v) is 7.16. The van der Waals surface area contributed by atoms with Crippen molar-refractivity contribution in [3.63, 3.8) is 0 Å². The van der Waals surface area contributed by atoms with E-state index < -0.39 is 0 Å². The highest BCUT2D eigenvalue weighted by Gasteiger charge is 2.18. The zero-order chi connectivity index (χ0) is 18.1. The number of aliphatic imine (C=N–C) groups is 1. The minimum atomic E-state index is -0.0559. The number of rotatable bonds is 6. The lowest BCUT2D eigenvalue weighted by atomic mass is 9.81. The Morgan fingerprint density at radius 2 is 2.12 bits per heavy atom. The molecule has 0 saturated heterocycles. The van der Waals surface area contributed by atoms with E-state index in [0.29, 0.717) is 6.54 Å². The number of guanidine groups is 1. The number of nitrogens with zero attached hydrogens (tertiary/aromatic N) is 1. The summed E-state index contributed by atoms with van der Waals surface area (Å²) < 4.78 is 0. The molecule has 3 N–H and O–H groups in total. The zero-order valence-corrected chi connectivity index (χ0v) is 15.8. The van der Waals surface area contributed by atoms with Crippen molar-refractivity contribution in [3.05, 3.63) is 29.8 Å². The number of hydrogen-bond donors (Lipinski definition) is 3. The Labute approximate surface area is 151 Å². The van der Waals surface area contributed by atoms with Gasteiger partial charge in [0.15, 0.2) is 5.96 Å². The number of carbonyl (C=O) groups is 1. The Bertz CT molecular complexity index is 585. The van der Waals surface area contributed by atoms with E-state index in [1.54, 1.807) is 7.05 Å². The van der Waals surface area contributed by atoms with Gasteiger partial charge in [-0.15, -0.1) is 0 Å². The number of carbonyl (C=O) groups excluding carboxylic acids is 1. The van der Waals surface area contributed by atoms with Crippen LogP contribution >= 0.6 is 0 Å². The fraction of sp³-hybridized carbons (Fsp3) is 0.600. The lowest BCUT2D eigenvalue weighted by molar-refractivity contribution is -0.114. The van der Waals surface area contributed by atoms with Crippen LogP contribution in [0.1, 0.15) is 51.5 Å². The van der Waals surface area contributed by atoms with Crippen molar-refractivity contribution < 1.29 is 4.79 Å². The summed E-state index contributed by atoms with van der Waals surface area (Å²) in [5.41, 5.74) is 1.93. The second kappa shape index (κ2) is 10.1. The molecule has 1 saturated carbocycles. The molecule has 1 aliphatic rings. The van der Waals surface area contributed by atoms with Crippen LogP contribution in [0.3, 0.4) is 0 Å². The van der Waals surface area contributed by atoms with Gasteiger partial charge in [-0.05, 0) is 42.4 Å². The molecule has 0 heterocycles. The highest BCUT2D eigenvalue weighted by Crippen LogP contribution is 2.30. The van der Waals surface area contributed by atoms with Crippen LogP contribution in [0.5, 0.6) is 0 Å². The molecule has 5 heteroatoms. The third-order valence-electron chi connectivity index (χ3n) is 4.82. The van der Waals surface area contributed by atoms with Crippen molar-refractivity contribution >= 4 is 17.6 Å². The summed E-state index contributed by atoms with van der Waals surface area (Å²) in [6, 6.07) is 7.85. The van der Waals surface area contributed by atoms with E-state index in [9.17, 15) is 4.79 Å². The summed E-state index contributed by atoms with van der Waals surface area (Å²) in [5, 5.41) is 9.57. The molecule has 5 nitrogen and oxygen atoms in total. The molecule has 2 unspecified atom stereocenters. The number of hydrogen-bond acceptors (Lipinski definition) is 2. The van der Waals surface area contributed by atoms with Gasteiger partial charge < -0.3 is 16.0 Å². The summed E-state index contributed by atoms with van der Waals surface area (Å²) in [4.78, 5) is 15.4. The molecule has 1 amide bonds. The Kier molecular flexibility index (Phi) is 7.76. The molecule has 0 radical (unpaired) electrons. The number of anilines is 1. The highest BCUT2D eigenvalue weighted by atomic mass is 16.1. The predicted molar refractivity (Wildman–Crippen MR) is 105 cm³/mol. The maximum atomic E-state index is 11.1. The van der Waals surface area contributed by atoms with Gasteiger partial charge in [-0.25, -0.2) is 0 Å². The van der Waals surface area contributed by atoms with Crippen LogP contribution in [0.4, 0.5) is 5.69 Å². The number of nitrogens with one attached hydrogen (secondary N) is 3. The molecule has 25 heavy (non-hydrogen) atoms. The Balaban J connectivity index is 1.73. The zero-order valence-electron chi connectivity index (χ0n) is 15.8. The van der Waals surface area contributed by atoms with Crippen LogP contribution in [-0.4, -0.2) is 25.5 Å². The summed E-state index contributed by atoms with van der Waals surface area (Å²) >= 11 is 0. The third-order valence-corrected chi connectivity index (χ3v) is 4.82. The second-order valence-electron chi connectivity index (χ2n) is 7.16. The van der Waals surface area contributed by atoms with E-state index in [-0.39, 0.29) is 5.91 Å². The predicted octanol–water partition coefficient (Wildman–Crippen LogP) is 3.53. The minimum absolute atomic E-state index is 0.0559. The van der Waals surface area contributed by atoms with E-state index >= 15 is 0 Å².